The molecule has 2 heterocycles. The third-order valence-electron chi connectivity index (χ3n) is 5.57. The Hall–Kier alpha value is -2.37. The lowest BCUT2D eigenvalue weighted by molar-refractivity contribution is -0.149. The Morgan fingerprint density at radius 2 is 2.12 bits per heavy atom. The number of fused-ring (bicyclic) bond motifs is 2. The van der Waals surface area contributed by atoms with E-state index >= 15 is 0 Å². The van der Waals surface area contributed by atoms with Crippen molar-refractivity contribution in [3.05, 3.63) is 24.3 Å². The quantitative estimate of drug-likeness (QED) is 0.934. The van der Waals surface area contributed by atoms with Crippen molar-refractivity contribution in [2.45, 2.75) is 19.3 Å². The summed E-state index contributed by atoms with van der Waals surface area (Å²) in [5.74, 6) is 1.05. The van der Waals surface area contributed by atoms with E-state index in [2.05, 4.69) is 4.90 Å². The van der Waals surface area contributed by atoms with Gasteiger partial charge in [0.1, 0.15) is 5.82 Å². The highest BCUT2D eigenvalue weighted by molar-refractivity contribution is 5.90. The summed E-state index contributed by atoms with van der Waals surface area (Å²) in [4.78, 5) is 25.4. The van der Waals surface area contributed by atoms with Crippen molar-refractivity contribution in [1.82, 2.24) is 9.97 Å². The number of anilines is 2. The van der Waals surface area contributed by atoms with Crippen molar-refractivity contribution in [2.24, 2.45) is 11.3 Å². The van der Waals surface area contributed by atoms with E-state index in [1.54, 1.807) is 0 Å². The van der Waals surface area contributed by atoms with E-state index in [0.717, 1.165) is 42.5 Å². The van der Waals surface area contributed by atoms with Gasteiger partial charge in [0, 0.05) is 32.6 Å². The van der Waals surface area contributed by atoms with Crippen LogP contribution >= 0.6 is 0 Å². The van der Waals surface area contributed by atoms with Crippen LogP contribution in [0.5, 0.6) is 0 Å². The molecule has 0 amide bonds. The highest BCUT2D eigenvalue weighted by Crippen LogP contribution is 2.49. The molecule has 1 saturated heterocycles. The second-order valence-corrected chi connectivity index (χ2v) is 7.19. The van der Waals surface area contributed by atoms with Crippen LogP contribution in [0.4, 0.5) is 11.8 Å². The average Bonchev–Trinajstić information content (AvgIpc) is 3.11. The number of carboxylic acids is 1. The zero-order valence-electron chi connectivity index (χ0n) is 14.1. The summed E-state index contributed by atoms with van der Waals surface area (Å²) >= 11 is 0. The van der Waals surface area contributed by atoms with Crippen molar-refractivity contribution in [2.75, 3.05) is 37.0 Å². The second kappa shape index (κ2) is 5.33. The topological polar surface area (TPSA) is 69.6 Å². The van der Waals surface area contributed by atoms with Crippen LogP contribution in [0, 0.1) is 11.3 Å². The fourth-order valence-electron chi connectivity index (χ4n) is 4.32. The number of rotatable bonds is 3. The maximum Gasteiger partial charge on any atom is 0.311 e. The molecule has 4 rings (SSSR count). The van der Waals surface area contributed by atoms with Crippen LogP contribution in [0.25, 0.3) is 10.9 Å². The predicted molar refractivity (Wildman–Crippen MR) is 93.5 cm³/mol. The molecule has 1 aromatic carbocycles. The monoisotopic (exact) mass is 326 g/mol. The molecule has 0 bridgehead atoms. The predicted octanol–water partition coefficient (Wildman–Crippen LogP) is 2.39. The fraction of sp³-hybridized carbons (Fsp3) is 0.500. The Labute approximate surface area is 141 Å². The normalized spacial score (nSPS) is 25.9. The molecule has 0 radical (unpaired) electrons. The molecule has 2 fully saturated rings. The Bertz CT molecular complexity index is 807. The van der Waals surface area contributed by atoms with E-state index in [0.29, 0.717) is 12.5 Å². The third-order valence-corrected chi connectivity index (χ3v) is 5.57. The zero-order chi connectivity index (χ0) is 16.9. The van der Waals surface area contributed by atoms with E-state index in [4.69, 9.17) is 9.97 Å². The summed E-state index contributed by atoms with van der Waals surface area (Å²) in [5.41, 5.74) is 0.278. The van der Waals surface area contributed by atoms with Crippen LogP contribution in [-0.2, 0) is 4.79 Å². The van der Waals surface area contributed by atoms with Crippen LogP contribution in [0.2, 0.25) is 0 Å². The summed E-state index contributed by atoms with van der Waals surface area (Å²) in [6, 6.07) is 7.96. The highest BCUT2D eigenvalue weighted by Gasteiger charge is 2.55. The second-order valence-electron chi connectivity index (χ2n) is 7.19. The molecule has 1 aliphatic carbocycles. The number of benzene rings is 1. The molecule has 1 saturated carbocycles. The maximum absolute atomic E-state index is 11.9. The minimum atomic E-state index is -0.666. The van der Waals surface area contributed by atoms with Gasteiger partial charge in [-0.1, -0.05) is 18.6 Å². The molecule has 2 atom stereocenters. The van der Waals surface area contributed by atoms with Crippen LogP contribution in [0.15, 0.2) is 24.3 Å². The Morgan fingerprint density at radius 3 is 2.83 bits per heavy atom. The maximum atomic E-state index is 11.9. The van der Waals surface area contributed by atoms with E-state index in [1.165, 1.54) is 0 Å². The molecule has 0 spiro atoms. The Balaban J connectivity index is 1.77. The lowest BCUT2D eigenvalue weighted by Gasteiger charge is -2.24. The number of para-hydroxylation sites is 1. The van der Waals surface area contributed by atoms with Gasteiger partial charge in [0.25, 0.3) is 0 Å². The van der Waals surface area contributed by atoms with Crippen molar-refractivity contribution in [1.29, 1.82) is 0 Å². The Morgan fingerprint density at radius 1 is 1.33 bits per heavy atom. The highest BCUT2D eigenvalue weighted by atomic mass is 16.4. The summed E-state index contributed by atoms with van der Waals surface area (Å²) in [5, 5.41) is 10.8. The van der Waals surface area contributed by atoms with Gasteiger partial charge in [0.05, 0.1) is 10.9 Å². The molecule has 6 nitrogen and oxygen atoms in total. The van der Waals surface area contributed by atoms with Gasteiger partial charge in [-0.3, -0.25) is 4.79 Å². The molecule has 24 heavy (non-hydrogen) atoms. The number of nitrogens with zero attached hydrogens (tertiary/aromatic N) is 4. The molecule has 0 unspecified atom stereocenters. The van der Waals surface area contributed by atoms with Crippen LogP contribution in [0.3, 0.4) is 0 Å². The third kappa shape index (κ3) is 2.12. The summed E-state index contributed by atoms with van der Waals surface area (Å²) in [6.07, 6.45) is 2.75. The first-order valence-electron chi connectivity index (χ1n) is 8.44. The molecule has 126 valence electrons. The molecule has 2 aromatic rings. The summed E-state index contributed by atoms with van der Waals surface area (Å²) < 4.78 is 0. The first-order valence-corrected chi connectivity index (χ1v) is 8.44. The summed E-state index contributed by atoms with van der Waals surface area (Å²) in [7, 11) is 3.94. The Kier molecular flexibility index (Phi) is 3.37. The number of carboxylic acid groups (broad SMARTS) is 1. The first kappa shape index (κ1) is 15.2. The molecule has 1 aliphatic heterocycles. The van der Waals surface area contributed by atoms with Gasteiger partial charge in [-0.15, -0.1) is 0 Å². The smallest absolute Gasteiger partial charge is 0.311 e. The SMILES string of the molecule is CN(C)c1nc(N2C[C@@H]3CCC[C@@]3(C(=O)O)C2)nc2ccccc12. The van der Waals surface area contributed by atoms with Crippen LogP contribution < -0.4 is 9.80 Å². The molecule has 2 aliphatic rings. The minimum absolute atomic E-state index is 0.202. The van der Waals surface area contributed by atoms with Gasteiger partial charge in [-0.05, 0) is 30.9 Å². The zero-order valence-corrected chi connectivity index (χ0v) is 14.1. The van der Waals surface area contributed by atoms with Crippen molar-refractivity contribution in [3.8, 4) is 0 Å². The largest absolute Gasteiger partial charge is 0.481 e. The van der Waals surface area contributed by atoms with Crippen LogP contribution in [0.1, 0.15) is 19.3 Å². The average molecular weight is 326 g/mol. The molecule has 1 N–H and O–H groups in total. The minimum Gasteiger partial charge on any atom is -0.481 e. The van der Waals surface area contributed by atoms with Crippen LogP contribution in [-0.4, -0.2) is 48.2 Å². The van der Waals surface area contributed by atoms with Gasteiger partial charge in [-0.25, -0.2) is 4.98 Å². The molecular formula is C18H22N4O2. The first-order chi connectivity index (χ1) is 11.5. The molecular weight excluding hydrogens is 304 g/mol. The fourth-order valence-corrected chi connectivity index (χ4v) is 4.32. The standard InChI is InChI=1S/C18H22N4O2/c1-21(2)15-13-7-3-4-8-14(13)19-17(20-15)22-10-12-6-5-9-18(12,11-22)16(23)24/h3-4,7-8,12H,5-6,9-11H2,1-2H3,(H,23,24)/t12-,18+/m0/s1. The molecule has 6 heteroatoms. The van der Waals surface area contributed by atoms with Crippen molar-refractivity contribution < 1.29 is 9.90 Å². The van der Waals surface area contributed by atoms with E-state index < -0.39 is 11.4 Å². The molecule has 1 aromatic heterocycles. The number of hydrogen-bond donors (Lipinski definition) is 1. The van der Waals surface area contributed by atoms with Gasteiger partial charge in [-0.2, -0.15) is 4.98 Å². The van der Waals surface area contributed by atoms with Gasteiger partial charge >= 0.3 is 5.97 Å². The van der Waals surface area contributed by atoms with Gasteiger partial charge in [0.2, 0.25) is 5.95 Å². The summed E-state index contributed by atoms with van der Waals surface area (Å²) in [6.45, 7) is 1.25. The van der Waals surface area contributed by atoms with Gasteiger partial charge < -0.3 is 14.9 Å². The van der Waals surface area contributed by atoms with Gasteiger partial charge in [0.15, 0.2) is 0 Å². The van der Waals surface area contributed by atoms with E-state index in [1.807, 2.05) is 43.3 Å². The number of carbonyl (C=O) groups is 1. The van der Waals surface area contributed by atoms with Crippen molar-refractivity contribution >= 4 is 28.6 Å². The van der Waals surface area contributed by atoms with Crippen molar-refractivity contribution in [3.63, 3.8) is 0 Å². The number of aromatic nitrogens is 2. The van der Waals surface area contributed by atoms with E-state index in [-0.39, 0.29) is 5.92 Å². The number of hydrogen-bond acceptors (Lipinski definition) is 5. The lowest BCUT2D eigenvalue weighted by atomic mass is 9.81. The number of aliphatic carboxylic acids is 1. The van der Waals surface area contributed by atoms with E-state index in [9.17, 15) is 9.90 Å². The lowest BCUT2D eigenvalue weighted by Crippen LogP contribution is -2.36.